The molecule has 1 rings (SSSR count). The normalized spacial score (nSPS) is 13.4. The van der Waals surface area contributed by atoms with Crippen molar-refractivity contribution in [3.05, 3.63) is 21.7 Å². The van der Waals surface area contributed by atoms with Crippen LogP contribution in [0.3, 0.4) is 0 Å². The number of aromatic amines is 1. The molecule has 5 N–H and O–H groups in total. The monoisotopic (exact) mass is 224 g/mol. The van der Waals surface area contributed by atoms with Crippen molar-refractivity contribution in [3.8, 4) is 0 Å². The van der Waals surface area contributed by atoms with Crippen molar-refractivity contribution in [3.63, 3.8) is 0 Å². The molecule has 0 saturated heterocycles. The van der Waals surface area contributed by atoms with E-state index in [-0.39, 0.29) is 29.3 Å². The number of nitrogens with one attached hydrogen (secondary N) is 1. The second-order valence-electron chi connectivity index (χ2n) is 4.67. The van der Waals surface area contributed by atoms with Gasteiger partial charge in [0.15, 0.2) is 0 Å². The summed E-state index contributed by atoms with van der Waals surface area (Å²) in [5, 5.41) is 0. The van der Waals surface area contributed by atoms with E-state index in [1.165, 1.54) is 0 Å². The first-order valence-electron chi connectivity index (χ1n) is 5.49. The summed E-state index contributed by atoms with van der Waals surface area (Å²) in [5.74, 6) is 1.000. The maximum atomic E-state index is 11.8. The second kappa shape index (κ2) is 4.65. The molecule has 0 aromatic carbocycles. The van der Waals surface area contributed by atoms with Gasteiger partial charge < -0.3 is 16.5 Å². The largest absolute Gasteiger partial charge is 0.383 e. The third-order valence-electron chi connectivity index (χ3n) is 2.61. The highest BCUT2D eigenvalue weighted by Crippen LogP contribution is 2.19. The molecule has 0 aliphatic carbocycles. The van der Waals surface area contributed by atoms with E-state index < -0.39 is 0 Å². The summed E-state index contributed by atoms with van der Waals surface area (Å²) in [7, 11) is 0. The highest BCUT2D eigenvalue weighted by molar-refractivity contribution is 5.40. The predicted octanol–water partition coefficient (Wildman–Crippen LogP) is 1.13. The summed E-state index contributed by atoms with van der Waals surface area (Å²) in [6.45, 7) is 7.75. The van der Waals surface area contributed by atoms with Gasteiger partial charge in [0.2, 0.25) is 0 Å². The Labute approximate surface area is 95.3 Å². The van der Waals surface area contributed by atoms with Gasteiger partial charge in [-0.25, -0.2) is 4.98 Å². The highest BCUT2D eigenvalue weighted by atomic mass is 16.1. The van der Waals surface area contributed by atoms with E-state index >= 15 is 0 Å². The van der Waals surface area contributed by atoms with Gasteiger partial charge in [0, 0.05) is 0 Å². The average molecular weight is 224 g/mol. The predicted molar refractivity (Wildman–Crippen MR) is 65.1 cm³/mol. The minimum Gasteiger partial charge on any atom is -0.383 e. The number of nitrogens with zero attached hydrogens (tertiary/aromatic N) is 1. The number of nitrogen functional groups attached to an aromatic ring is 1. The lowest BCUT2D eigenvalue weighted by Crippen LogP contribution is -2.27. The van der Waals surface area contributed by atoms with Crippen LogP contribution >= 0.6 is 0 Å². The van der Waals surface area contributed by atoms with Crippen LogP contribution in [0.15, 0.2) is 4.79 Å². The molecule has 1 aromatic heterocycles. The molecule has 0 aliphatic rings. The first-order valence-corrected chi connectivity index (χ1v) is 5.49. The Kier molecular flexibility index (Phi) is 3.70. The summed E-state index contributed by atoms with van der Waals surface area (Å²) >= 11 is 0. The highest BCUT2D eigenvalue weighted by Gasteiger charge is 2.17. The third-order valence-corrected chi connectivity index (χ3v) is 2.61. The molecule has 1 heterocycles. The smallest absolute Gasteiger partial charge is 0.256 e. The molecule has 0 amide bonds. The second-order valence-corrected chi connectivity index (χ2v) is 4.67. The van der Waals surface area contributed by atoms with Crippen LogP contribution in [-0.4, -0.2) is 9.97 Å². The van der Waals surface area contributed by atoms with E-state index in [1.807, 2.05) is 27.7 Å². The summed E-state index contributed by atoms with van der Waals surface area (Å²) < 4.78 is 0. The zero-order valence-corrected chi connectivity index (χ0v) is 10.2. The van der Waals surface area contributed by atoms with Crippen molar-refractivity contribution in [2.24, 2.45) is 11.7 Å². The zero-order valence-electron chi connectivity index (χ0n) is 10.2. The molecule has 5 heteroatoms. The van der Waals surface area contributed by atoms with E-state index in [0.717, 1.165) is 0 Å². The van der Waals surface area contributed by atoms with Gasteiger partial charge in [-0.3, -0.25) is 4.79 Å². The molecule has 0 spiro atoms. The lowest BCUT2D eigenvalue weighted by Gasteiger charge is -2.16. The molecule has 1 atom stereocenters. The summed E-state index contributed by atoms with van der Waals surface area (Å²) in [5.41, 5.74) is 12.0. The summed E-state index contributed by atoms with van der Waals surface area (Å²) in [6.07, 6.45) is 0. The first-order chi connectivity index (χ1) is 7.34. The van der Waals surface area contributed by atoms with Gasteiger partial charge >= 0.3 is 0 Å². The fraction of sp³-hybridized carbons (Fsp3) is 0.636. The van der Waals surface area contributed by atoms with Gasteiger partial charge in [0.25, 0.3) is 5.56 Å². The number of nitrogens with two attached hydrogens (primary N) is 2. The van der Waals surface area contributed by atoms with Gasteiger partial charge in [0.1, 0.15) is 11.6 Å². The molecule has 0 radical (unpaired) electrons. The van der Waals surface area contributed by atoms with Gasteiger partial charge in [0.05, 0.1) is 11.6 Å². The summed E-state index contributed by atoms with van der Waals surface area (Å²) in [4.78, 5) is 18.7. The average Bonchev–Trinajstić information content (AvgIpc) is 2.14. The van der Waals surface area contributed by atoms with Crippen molar-refractivity contribution in [1.82, 2.24) is 9.97 Å². The quantitative estimate of drug-likeness (QED) is 0.716. The van der Waals surface area contributed by atoms with E-state index in [9.17, 15) is 4.79 Å². The fourth-order valence-electron chi connectivity index (χ4n) is 1.55. The standard InChI is InChI=1S/C11H20N4O/c1-5(2)7-9(13)14-10(15-11(7)16)8(12)6(3)4/h5-6,8H,12H2,1-4H3,(H3,13,14,15,16). The molecular formula is C11H20N4O. The van der Waals surface area contributed by atoms with Crippen molar-refractivity contribution >= 4 is 5.82 Å². The van der Waals surface area contributed by atoms with E-state index in [4.69, 9.17) is 11.5 Å². The summed E-state index contributed by atoms with van der Waals surface area (Å²) in [6, 6.07) is -0.295. The number of hydrogen-bond acceptors (Lipinski definition) is 4. The van der Waals surface area contributed by atoms with Crippen molar-refractivity contribution in [2.75, 3.05) is 5.73 Å². The molecule has 1 aromatic rings. The molecule has 0 saturated carbocycles. The SMILES string of the molecule is CC(C)c1c(N)nc(C(N)C(C)C)[nH]c1=O. The molecule has 16 heavy (non-hydrogen) atoms. The van der Waals surface area contributed by atoms with E-state index in [2.05, 4.69) is 9.97 Å². The first kappa shape index (κ1) is 12.7. The maximum Gasteiger partial charge on any atom is 0.256 e. The van der Waals surface area contributed by atoms with Gasteiger partial charge in [-0.15, -0.1) is 0 Å². The van der Waals surface area contributed by atoms with Gasteiger partial charge in [-0.1, -0.05) is 27.7 Å². The van der Waals surface area contributed by atoms with Crippen molar-refractivity contribution < 1.29 is 0 Å². The Bertz CT molecular complexity index is 422. The van der Waals surface area contributed by atoms with Gasteiger partial charge in [-0.2, -0.15) is 0 Å². The Hall–Kier alpha value is -1.36. The number of rotatable bonds is 3. The number of H-pyrrole nitrogens is 1. The Morgan fingerprint density at radius 1 is 1.25 bits per heavy atom. The minimum absolute atomic E-state index is 0.0561. The zero-order chi connectivity index (χ0) is 12.5. The van der Waals surface area contributed by atoms with Crippen LogP contribution in [0.25, 0.3) is 0 Å². The van der Waals surface area contributed by atoms with Crippen LogP contribution in [0.1, 0.15) is 51.0 Å². The molecule has 5 nitrogen and oxygen atoms in total. The van der Waals surface area contributed by atoms with Gasteiger partial charge in [-0.05, 0) is 11.8 Å². The molecule has 0 bridgehead atoms. The van der Waals surface area contributed by atoms with Crippen molar-refractivity contribution in [2.45, 2.75) is 39.7 Å². The van der Waals surface area contributed by atoms with Crippen LogP contribution in [-0.2, 0) is 0 Å². The topological polar surface area (TPSA) is 97.8 Å². The molecule has 1 unspecified atom stereocenters. The number of aromatic nitrogens is 2. The number of hydrogen-bond donors (Lipinski definition) is 3. The lowest BCUT2D eigenvalue weighted by atomic mass is 10.0. The number of anilines is 1. The minimum atomic E-state index is -0.295. The van der Waals surface area contributed by atoms with Crippen LogP contribution < -0.4 is 17.0 Å². The van der Waals surface area contributed by atoms with Crippen LogP contribution in [0.5, 0.6) is 0 Å². The molecule has 0 aliphatic heterocycles. The lowest BCUT2D eigenvalue weighted by molar-refractivity contribution is 0.488. The third kappa shape index (κ3) is 2.41. The Morgan fingerprint density at radius 2 is 1.81 bits per heavy atom. The van der Waals surface area contributed by atoms with E-state index in [1.54, 1.807) is 0 Å². The molecule has 0 fully saturated rings. The van der Waals surface area contributed by atoms with E-state index in [0.29, 0.717) is 11.4 Å². The van der Waals surface area contributed by atoms with Crippen LogP contribution in [0.2, 0.25) is 0 Å². The van der Waals surface area contributed by atoms with Crippen LogP contribution in [0.4, 0.5) is 5.82 Å². The molecular weight excluding hydrogens is 204 g/mol. The molecule has 90 valence electrons. The Morgan fingerprint density at radius 3 is 2.19 bits per heavy atom. The fourth-order valence-corrected chi connectivity index (χ4v) is 1.55. The van der Waals surface area contributed by atoms with Crippen LogP contribution in [0, 0.1) is 5.92 Å². The maximum absolute atomic E-state index is 11.8. The Balaban J connectivity index is 3.25. The van der Waals surface area contributed by atoms with Crippen molar-refractivity contribution in [1.29, 1.82) is 0 Å².